The first-order valence-corrected chi connectivity index (χ1v) is 12.3. The van der Waals surface area contributed by atoms with Crippen molar-refractivity contribution in [1.82, 2.24) is 20.1 Å². The normalized spacial score (nSPS) is 20.1. The molecule has 3 aliphatic rings. The van der Waals surface area contributed by atoms with Crippen molar-refractivity contribution in [2.45, 2.75) is 37.9 Å². The zero-order valence-electron chi connectivity index (χ0n) is 19.9. The Bertz CT molecular complexity index is 1420. The van der Waals surface area contributed by atoms with Crippen molar-refractivity contribution in [3.8, 4) is 11.3 Å². The Kier molecular flexibility index (Phi) is 5.79. The average Bonchev–Trinajstić information content (AvgIpc) is 3.18. The van der Waals surface area contributed by atoms with E-state index in [1.807, 2.05) is 6.07 Å². The lowest BCUT2D eigenvalue weighted by Crippen LogP contribution is -2.52. The topological polar surface area (TPSA) is 82.6 Å². The highest BCUT2D eigenvalue weighted by Gasteiger charge is 2.39. The Hall–Kier alpha value is -3.98. The van der Waals surface area contributed by atoms with Crippen molar-refractivity contribution in [3.63, 3.8) is 0 Å². The highest BCUT2D eigenvalue weighted by atomic mass is 19.1. The van der Waals surface area contributed by atoms with E-state index in [-0.39, 0.29) is 36.4 Å². The molecule has 3 aromatic rings. The molecule has 1 aromatic heterocycles. The predicted octanol–water partition coefficient (Wildman–Crippen LogP) is 3.39. The number of likely N-dealkylation sites (tertiary alicyclic amines) is 1. The molecule has 7 nitrogen and oxygen atoms in total. The number of nitrogens with one attached hydrogen (secondary N) is 1. The number of amides is 3. The summed E-state index contributed by atoms with van der Waals surface area (Å²) < 4.78 is 27.8. The van der Waals surface area contributed by atoms with Crippen LogP contribution in [0.3, 0.4) is 0 Å². The second kappa shape index (κ2) is 9.15. The van der Waals surface area contributed by atoms with Gasteiger partial charge in [-0.15, -0.1) is 0 Å². The van der Waals surface area contributed by atoms with Crippen LogP contribution in [0.25, 0.3) is 11.3 Å². The fourth-order valence-electron chi connectivity index (χ4n) is 5.38. The van der Waals surface area contributed by atoms with Crippen LogP contribution in [-0.2, 0) is 22.7 Å². The lowest BCUT2D eigenvalue weighted by Gasteiger charge is -2.39. The Morgan fingerprint density at radius 1 is 1.00 bits per heavy atom. The van der Waals surface area contributed by atoms with Crippen molar-refractivity contribution in [1.29, 1.82) is 0 Å². The number of carbonyl (C=O) groups is 3. The molecule has 9 heteroatoms. The molecule has 0 radical (unpaired) electrons. The van der Waals surface area contributed by atoms with Crippen molar-refractivity contribution in [2.75, 3.05) is 13.1 Å². The minimum absolute atomic E-state index is 0.200. The van der Waals surface area contributed by atoms with Gasteiger partial charge in [-0.25, -0.2) is 8.78 Å². The number of imide groups is 1. The Morgan fingerprint density at radius 2 is 1.78 bits per heavy atom. The van der Waals surface area contributed by atoms with Gasteiger partial charge in [0.15, 0.2) is 0 Å². The molecular weight excluding hydrogens is 478 g/mol. The molecule has 1 N–H and O–H groups in total. The SMILES string of the molecule is O=C1CCC(N2Cc3cc(-c4cc(CN5CC(c6ccc(F)cc6)C5)c(F)cn4)ccc3C2=O)C(=O)N1. The lowest BCUT2D eigenvalue weighted by molar-refractivity contribution is -0.136. The summed E-state index contributed by atoms with van der Waals surface area (Å²) in [5.74, 6) is -1.35. The Morgan fingerprint density at radius 3 is 2.54 bits per heavy atom. The van der Waals surface area contributed by atoms with Gasteiger partial charge >= 0.3 is 0 Å². The van der Waals surface area contributed by atoms with Crippen LogP contribution in [0.2, 0.25) is 0 Å². The number of hydrogen-bond donors (Lipinski definition) is 1. The third-order valence-electron chi connectivity index (χ3n) is 7.45. The second-order valence-corrected chi connectivity index (χ2v) is 9.88. The first-order chi connectivity index (χ1) is 17.9. The van der Waals surface area contributed by atoms with Crippen LogP contribution in [0.1, 0.15) is 45.8 Å². The van der Waals surface area contributed by atoms with Crippen LogP contribution in [0.4, 0.5) is 8.78 Å². The van der Waals surface area contributed by atoms with Gasteiger partial charge in [-0.05, 0) is 47.9 Å². The van der Waals surface area contributed by atoms with Gasteiger partial charge in [0.05, 0.1) is 11.9 Å². The van der Waals surface area contributed by atoms with Gasteiger partial charge in [0, 0.05) is 55.2 Å². The fraction of sp³-hybridized carbons (Fsp3) is 0.286. The van der Waals surface area contributed by atoms with Gasteiger partial charge in [0.25, 0.3) is 5.91 Å². The van der Waals surface area contributed by atoms with Gasteiger partial charge in [-0.2, -0.15) is 0 Å². The number of rotatable bonds is 5. The van der Waals surface area contributed by atoms with Crippen molar-refractivity contribution < 1.29 is 23.2 Å². The number of benzene rings is 2. The molecule has 2 fully saturated rings. The standard InChI is InChI=1S/C28H24F2N4O3/c29-21-4-1-16(2-5-21)20-13-33(14-20)12-19-10-24(31-11-23(19)30)17-3-6-22-18(9-17)15-34(28(22)37)25-7-8-26(35)32-27(25)36/h1-6,9-11,20,25H,7-8,12-15H2,(H,32,35,36). The van der Waals surface area contributed by atoms with E-state index in [1.165, 1.54) is 23.2 Å². The van der Waals surface area contributed by atoms with Crippen LogP contribution >= 0.6 is 0 Å². The summed E-state index contributed by atoms with van der Waals surface area (Å²) in [5.41, 5.74) is 4.25. The van der Waals surface area contributed by atoms with E-state index in [9.17, 15) is 23.2 Å². The molecule has 0 bridgehead atoms. The van der Waals surface area contributed by atoms with E-state index in [4.69, 9.17) is 0 Å². The molecule has 3 aliphatic heterocycles. The molecule has 2 aromatic carbocycles. The Labute approximate surface area is 212 Å². The molecular formula is C28H24F2N4O3. The van der Waals surface area contributed by atoms with Gasteiger partial charge in [0.2, 0.25) is 11.8 Å². The molecule has 1 unspecified atom stereocenters. The summed E-state index contributed by atoms with van der Waals surface area (Å²) in [5, 5.41) is 2.31. The maximum atomic E-state index is 14.6. The zero-order chi connectivity index (χ0) is 25.7. The number of fused-ring (bicyclic) bond motifs is 1. The number of carbonyl (C=O) groups excluding carboxylic acids is 3. The van der Waals surface area contributed by atoms with Crippen molar-refractivity contribution in [3.05, 3.63) is 88.6 Å². The number of pyridine rings is 1. The van der Waals surface area contributed by atoms with Gasteiger partial charge in [-0.3, -0.25) is 29.6 Å². The van der Waals surface area contributed by atoms with Crippen LogP contribution in [0.5, 0.6) is 0 Å². The van der Waals surface area contributed by atoms with E-state index >= 15 is 0 Å². The number of hydrogen-bond acceptors (Lipinski definition) is 5. The van der Waals surface area contributed by atoms with Crippen LogP contribution in [-0.4, -0.2) is 51.6 Å². The molecule has 0 saturated carbocycles. The quantitative estimate of drug-likeness (QED) is 0.541. The summed E-state index contributed by atoms with van der Waals surface area (Å²) in [6.45, 7) is 2.23. The van der Waals surface area contributed by atoms with Gasteiger partial charge in [-0.1, -0.05) is 18.2 Å². The van der Waals surface area contributed by atoms with E-state index in [0.29, 0.717) is 35.7 Å². The highest BCUT2D eigenvalue weighted by Crippen LogP contribution is 2.32. The highest BCUT2D eigenvalue weighted by molar-refractivity contribution is 6.05. The molecule has 4 heterocycles. The first-order valence-electron chi connectivity index (χ1n) is 12.3. The maximum Gasteiger partial charge on any atom is 0.255 e. The molecule has 3 amide bonds. The van der Waals surface area contributed by atoms with Gasteiger partial charge in [0.1, 0.15) is 17.7 Å². The lowest BCUT2D eigenvalue weighted by atomic mass is 9.91. The minimum Gasteiger partial charge on any atom is -0.322 e. The molecule has 0 aliphatic carbocycles. The molecule has 2 saturated heterocycles. The average molecular weight is 503 g/mol. The fourth-order valence-corrected chi connectivity index (χ4v) is 5.38. The third-order valence-corrected chi connectivity index (χ3v) is 7.45. The van der Waals surface area contributed by atoms with E-state index < -0.39 is 11.9 Å². The molecule has 37 heavy (non-hydrogen) atoms. The third kappa shape index (κ3) is 4.40. The van der Waals surface area contributed by atoms with Crippen molar-refractivity contribution >= 4 is 17.7 Å². The summed E-state index contributed by atoms with van der Waals surface area (Å²) in [4.78, 5) is 44.6. The minimum atomic E-state index is -0.674. The van der Waals surface area contributed by atoms with E-state index in [1.54, 1.807) is 30.3 Å². The first kappa shape index (κ1) is 23.4. The van der Waals surface area contributed by atoms with Crippen LogP contribution < -0.4 is 5.32 Å². The number of aromatic nitrogens is 1. The molecule has 188 valence electrons. The predicted molar refractivity (Wildman–Crippen MR) is 130 cm³/mol. The zero-order valence-corrected chi connectivity index (χ0v) is 19.9. The summed E-state index contributed by atoms with van der Waals surface area (Å²) in [7, 11) is 0. The number of piperidine rings is 1. The Balaban J connectivity index is 1.16. The smallest absolute Gasteiger partial charge is 0.255 e. The maximum absolute atomic E-state index is 14.6. The molecule has 1 atom stereocenters. The summed E-state index contributed by atoms with van der Waals surface area (Å²) in [6.07, 6.45) is 1.72. The monoisotopic (exact) mass is 502 g/mol. The van der Waals surface area contributed by atoms with Gasteiger partial charge < -0.3 is 4.90 Å². The van der Waals surface area contributed by atoms with E-state index in [0.717, 1.165) is 29.8 Å². The van der Waals surface area contributed by atoms with E-state index in [2.05, 4.69) is 15.2 Å². The van der Waals surface area contributed by atoms with Crippen LogP contribution in [0.15, 0.2) is 54.7 Å². The molecule has 0 spiro atoms. The summed E-state index contributed by atoms with van der Waals surface area (Å²) >= 11 is 0. The summed E-state index contributed by atoms with van der Waals surface area (Å²) in [6, 6.07) is 12.9. The largest absolute Gasteiger partial charge is 0.322 e. The second-order valence-electron chi connectivity index (χ2n) is 9.88. The number of halogens is 2. The van der Waals surface area contributed by atoms with Crippen molar-refractivity contribution in [2.24, 2.45) is 0 Å². The van der Waals surface area contributed by atoms with Crippen LogP contribution in [0, 0.1) is 11.6 Å². The number of nitrogens with zero attached hydrogens (tertiary/aromatic N) is 3. The molecule has 6 rings (SSSR count).